The van der Waals surface area contributed by atoms with E-state index in [0.717, 1.165) is 5.56 Å². The van der Waals surface area contributed by atoms with E-state index in [4.69, 9.17) is 21.1 Å². The van der Waals surface area contributed by atoms with Crippen molar-refractivity contribution in [1.29, 1.82) is 0 Å². The molecule has 148 valence electrons. The second-order valence-electron chi connectivity index (χ2n) is 6.61. The number of aromatic nitrogens is 1. The van der Waals surface area contributed by atoms with Crippen LogP contribution in [0.3, 0.4) is 0 Å². The van der Waals surface area contributed by atoms with Crippen molar-refractivity contribution < 1.29 is 18.7 Å². The van der Waals surface area contributed by atoms with Crippen LogP contribution < -0.4 is 9.47 Å². The van der Waals surface area contributed by atoms with Crippen LogP contribution in [0.4, 0.5) is 4.39 Å². The predicted octanol–water partition coefficient (Wildman–Crippen LogP) is 4.49. The maximum Gasteiger partial charge on any atom is 0.254 e. The lowest BCUT2D eigenvalue weighted by atomic mass is 10.1. The van der Waals surface area contributed by atoms with Gasteiger partial charge in [0.1, 0.15) is 19.0 Å². The number of rotatable bonds is 5. The van der Waals surface area contributed by atoms with Gasteiger partial charge in [-0.2, -0.15) is 0 Å². The summed E-state index contributed by atoms with van der Waals surface area (Å²) in [4.78, 5) is 18.8. The molecule has 0 saturated heterocycles. The van der Waals surface area contributed by atoms with Gasteiger partial charge in [0, 0.05) is 36.1 Å². The molecule has 0 saturated carbocycles. The molecule has 3 aromatic rings. The highest BCUT2D eigenvalue weighted by atomic mass is 35.5. The Morgan fingerprint density at radius 2 is 1.76 bits per heavy atom. The van der Waals surface area contributed by atoms with Crippen molar-refractivity contribution in [3.8, 4) is 11.5 Å². The molecule has 0 aliphatic carbocycles. The minimum Gasteiger partial charge on any atom is -0.486 e. The lowest BCUT2D eigenvalue weighted by Gasteiger charge is -2.25. The molecule has 1 aliphatic heterocycles. The van der Waals surface area contributed by atoms with Gasteiger partial charge in [0.05, 0.1) is 0 Å². The van der Waals surface area contributed by atoms with Gasteiger partial charge in [0.2, 0.25) is 0 Å². The molecule has 5 nitrogen and oxygen atoms in total. The zero-order chi connectivity index (χ0) is 20.2. The fourth-order valence-electron chi connectivity index (χ4n) is 3.14. The maximum atomic E-state index is 13.4. The minimum absolute atomic E-state index is 0.178. The van der Waals surface area contributed by atoms with E-state index < -0.39 is 5.82 Å². The molecule has 4 rings (SSSR count). The summed E-state index contributed by atoms with van der Waals surface area (Å²) < 4.78 is 24.6. The molecule has 2 heterocycles. The smallest absolute Gasteiger partial charge is 0.254 e. The lowest BCUT2D eigenvalue weighted by molar-refractivity contribution is 0.0729. The van der Waals surface area contributed by atoms with Crippen molar-refractivity contribution >= 4 is 17.5 Å². The molecule has 1 aromatic heterocycles. The van der Waals surface area contributed by atoms with Crippen LogP contribution in [-0.2, 0) is 13.1 Å². The summed E-state index contributed by atoms with van der Waals surface area (Å²) in [6.45, 7) is 1.56. The van der Waals surface area contributed by atoms with Crippen molar-refractivity contribution in [1.82, 2.24) is 9.88 Å². The number of hydrogen-bond acceptors (Lipinski definition) is 4. The second-order valence-corrected chi connectivity index (χ2v) is 7.02. The average Bonchev–Trinajstić information content (AvgIpc) is 2.75. The third kappa shape index (κ3) is 4.49. The molecule has 0 fully saturated rings. The third-order valence-electron chi connectivity index (χ3n) is 4.57. The van der Waals surface area contributed by atoms with Crippen molar-refractivity contribution in [2.45, 2.75) is 13.1 Å². The number of ether oxygens (including phenoxy) is 2. The average molecular weight is 413 g/mol. The number of nitrogens with zero attached hydrogens (tertiary/aromatic N) is 2. The number of amides is 1. The number of halogens is 2. The number of carbonyl (C=O) groups is 1. The summed E-state index contributed by atoms with van der Waals surface area (Å²) in [5.74, 6) is 0.749. The molecule has 0 unspecified atom stereocenters. The first kappa shape index (κ1) is 19.2. The molecule has 0 spiro atoms. The van der Waals surface area contributed by atoms with Gasteiger partial charge in [0.25, 0.3) is 5.91 Å². The summed E-state index contributed by atoms with van der Waals surface area (Å²) in [7, 11) is 0. The molecular weight excluding hydrogens is 395 g/mol. The van der Waals surface area contributed by atoms with Gasteiger partial charge in [-0.25, -0.2) is 4.39 Å². The van der Waals surface area contributed by atoms with Crippen molar-refractivity contribution in [3.05, 3.63) is 88.5 Å². The number of hydrogen-bond donors (Lipinski definition) is 0. The van der Waals surface area contributed by atoms with Crippen LogP contribution >= 0.6 is 11.6 Å². The van der Waals surface area contributed by atoms with E-state index in [0.29, 0.717) is 42.4 Å². The largest absolute Gasteiger partial charge is 0.486 e. The number of carbonyl (C=O) groups excluding carboxylic acids is 1. The van der Waals surface area contributed by atoms with Crippen LogP contribution in [-0.4, -0.2) is 29.0 Å². The van der Waals surface area contributed by atoms with Crippen LogP contribution in [0.5, 0.6) is 11.5 Å². The summed E-state index contributed by atoms with van der Waals surface area (Å²) in [6, 6.07) is 13.1. The highest BCUT2D eigenvalue weighted by Gasteiger charge is 2.20. The molecule has 7 heteroatoms. The molecule has 1 aliphatic rings. The Kier molecular flexibility index (Phi) is 5.62. The molecular formula is C22H18ClFN2O3. The first-order valence-corrected chi connectivity index (χ1v) is 9.50. The fourth-order valence-corrected chi connectivity index (χ4v) is 3.37. The SMILES string of the molecule is O=C(c1ccncc1)N(Cc1ccc2c(c1)OCCO2)Cc1ccc(F)cc1Cl. The summed E-state index contributed by atoms with van der Waals surface area (Å²) >= 11 is 6.20. The van der Waals surface area contributed by atoms with Gasteiger partial charge in [-0.1, -0.05) is 23.7 Å². The quantitative estimate of drug-likeness (QED) is 0.619. The normalized spacial score (nSPS) is 12.5. The van der Waals surface area contributed by atoms with Gasteiger partial charge < -0.3 is 14.4 Å². The number of fused-ring (bicyclic) bond motifs is 1. The zero-order valence-corrected chi connectivity index (χ0v) is 16.2. The van der Waals surface area contributed by atoms with Crippen molar-refractivity contribution in [2.75, 3.05) is 13.2 Å². The van der Waals surface area contributed by atoms with Crippen molar-refractivity contribution in [3.63, 3.8) is 0 Å². The summed E-state index contributed by atoms with van der Waals surface area (Å²) in [6.07, 6.45) is 3.14. The zero-order valence-electron chi connectivity index (χ0n) is 15.5. The van der Waals surface area contributed by atoms with Gasteiger partial charge in [0.15, 0.2) is 11.5 Å². The monoisotopic (exact) mass is 412 g/mol. The van der Waals surface area contributed by atoms with E-state index in [1.807, 2.05) is 18.2 Å². The lowest BCUT2D eigenvalue weighted by Crippen LogP contribution is -2.30. The van der Waals surface area contributed by atoms with Gasteiger partial charge in [-0.15, -0.1) is 0 Å². The Labute approximate surface area is 172 Å². The van der Waals surface area contributed by atoms with Crippen molar-refractivity contribution in [2.24, 2.45) is 0 Å². The molecule has 2 aromatic carbocycles. The van der Waals surface area contributed by atoms with E-state index >= 15 is 0 Å². The summed E-state index contributed by atoms with van der Waals surface area (Å²) in [5.41, 5.74) is 2.05. The van der Waals surface area contributed by atoms with E-state index in [1.54, 1.807) is 35.5 Å². The van der Waals surface area contributed by atoms with Crippen LogP contribution in [0.15, 0.2) is 60.9 Å². The Morgan fingerprint density at radius 3 is 2.52 bits per heavy atom. The Bertz CT molecular complexity index is 1030. The van der Waals surface area contributed by atoms with Gasteiger partial charge >= 0.3 is 0 Å². The van der Waals surface area contributed by atoms with E-state index in [1.165, 1.54) is 12.1 Å². The van der Waals surface area contributed by atoms with Crippen LogP contribution in [0.25, 0.3) is 0 Å². The summed E-state index contributed by atoms with van der Waals surface area (Å²) in [5, 5.41) is 0.278. The molecule has 29 heavy (non-hydrogen) atoms. The van der Waals surface area contributed by atoms with Gasteiger partial charge in [-0.05, 0) is 47.5 Å². The first-order valence-electron chi connectivity index (χ1n) is 9.12. The fraction of sp³-hybridized carbons (Fsp3) is 0.182. The Balaban J connectivity index is 1.63. The Hall–Kier alpha value is -3.12. The van der Waals surface area contributed by atoms with Gasteiger partial charge in [-0.3, -0.25) is 9.78 Å². The maximum absolute atomic E-state index is 13.4. The van der Waals surface area contributed by atoms with Crippen LogP contribution in [0.1, 0.15) is 21.5 Å². The first-order chi connectivity index (χ1) is 14.1. The van der Waals surface area contributed by atoms with Crippen LogP contribution in [0, 0.1) is 5.82 Å². The van der Waals surface area contributed by atoms with E-state index in [2.05, 4.69) is 4.98 Å². The van der Waals surface area contributed by atoms with Crippen LogP contribution in [0.2, 0.25) is 5.02 Å². The topological polar surface area (TPSA) is 51.7 Å². The van der Waals surface area contributed by atoms with E-state index in [-0.39, 0.29) is 17.5 Å². The third-order valence-corrected chi connectivity index (χ3v) is 4.92. The highest BCUT2D eigenvalue weighted by Crippen LogP contribution is 2.31. The Morgan fingerprint density at radius 1 is 1.00 bits per heavy atom. The molecule has 0 N–H and O–H groups in total. The van der Waals surface area contributed by atoms with E-state index in [9.17, 15) is 9.18 Å². The molecule has 0 atom stereocenters. The standard InChI is InChI=1S/C22H18ClFN2O3/c23-19-12-18(24)3-2-17(19)14-26(22(27)16-5-7-25-8-6-16)13-15-1-4-20-21(11-15)29-10-9-28-20/h1-8,11-12H,9-10,13-14H2. The second kappa shape index (κ2) is 8.49. The number of benzene rings is 2. The predicted molar refractivity (Wildman–Crippen MR) is 107 cm³/mol. The minimum atomic E-state index is -0.419. The highest BCUT2D eigenvalue weighted by molar-refractivity contribution is 6.31. The molecule has 1 amide bonds. The molecule has 0 radical (unpaired) electrons. The number of pyridine rings is 1. The molecule has 0 bridgehead atoms.